The first-order chi connectivity index (χ1) is 10.1. The molecule has 0 unspecified atom stereocenters. The van der Waals surface area contributed by atoms with Gasteiger partial charge in [-0.05, 0) is 43.4 Å². The molecular formula is C16H20BrNO3. The molecule has 0 aromatic heterocycles. The average molecular weight is 354 g/mol. The van der Waals surface area contributed by atoms with Crippen molar-refractivity contribution in [1.29, 1.82) is 0 Å². The van der Waals surface area contributed by atoms with Crippen LogP contribution in [0.1, 0.15) is 36.8 Å². The maximum Gasteiger partial charge on any atom is 0.306 e. The number of aliphatic carboxylic acids is 1. The van der Waals surface area contributed by atoms with Gasteiger partial charge in [0.2, 0.25) is 0 Å². The van der Waals surface area contributed by atoms with Gasteiger partial charge in [0, 0.05) is 29.0 Å². The zero-order valence-corrected chi connectivity index (χ0v) is 13.5. The van der Waals surface area contributed by atoms with Gasteiger partial charge in [0.1, 0.15) is 5.75 Å². The maximum atomic E-state index is 11.0. The van der Waals surface area contributed by atoms with Crippen molar-refractivity contribution in [2.24, 2.45) is 5.92 Å². The highest BCUT2D eigenvalue weighted by Crippen LogP contribution is 2.33. The second-order valence-electron chi connectivity index (χ2n) is 5.92. The van der Waals surface area contributed by atoms with E-state index in [4.69, 9.17) is 9.84 Å². The van der Waals surface area contributed by atoms with Crippen molar-refractivity contribution in [3.63, 3.8) is 0 Å². The van der Waals surface area contributed by atoms with Crippen molar-refractivity contribution in [3.05, 3.63) is 27.7 Å². The third-order valence-corrected chi connectivity index (χ3v) is 4.94. The van der Waals surface area contributed by atoms with E-state index in [0.717, 1.165) is 55.5 Å². The zero-order chi connectivity index (χ0) is 14.8. The van der Waals surface area contributed by atoms with Crippen molar-refractivity contribution >= 4 is 21.9 Å². The highest BCUT2D eigenvalue weighted by atomic mass is 79.9. The Hall–Kier alpha value is -1.07. The molecule has 0 radical (unpaired) electrons. The molecule has 114 valence electrons. The lowest BCUT2D eigenvalue weighted by Crippen LogP contribution is -2.34. The molecule has 1 aliphatic carbocycles. The van der Waals surface area contributed by atoms with Gasteiger partial charge in [-0.2, -0.15) is 0 Å². The number of carbonyl (C=O) groups is 1. The second kappa shape index (κ2) is 6.36. The fourth-order valence-corrected chi connectivity index (χ4v) is 3.83. The van der Waals surface area contributed by atoms with E-state index in [9.17, 15) is 4.79 Å². The van der Waals surface area contributed by atoms with E-state index >= 15 is 0 Å². The predicted molar refractivity (Wildman–Crippen MR) is 83.6 cm³/mol. The number of fused-ring (bicyclic) bond motifs is 1. The number of carboxylic acid groups (broad SMARTS) is 1. The van der Waals surface area contributed by atoms with Gasteiger partial charge in [0.05, 0.1) is 12.5 Å². The molecule has 2 N–H and O–H groups in total. The van der Waals surface area contributed by atoms with Gasteiger partial charge in [-0.1, -0.05) is 15.9 Å². The number of nitrogens with one attached hydrogen (secondary N) is 1. The molecule has 21 heavy (non-hydrogen) atoms. The van der Waals surface area contributed by atoms with Crippen molar-refractivity contribution in [2.75, 3.05) is 6.61 Å². The second-order valence-corrected chi connectivity index (χ2v) is 6.83. The molecule has 4 nitrogen and oxygen atoms in total. The normalized spacial score (nSPS) is 24.4. The van der Waals surface area contributed by atoms with E-state index in [2.05, 4.69) is 33.4 Å². The van der Waals surface area contributed by atoms with Crippen LogP contribution in [0, 0.1) is 5.92 Å². The van der Waals surface area contributed by atoms with Gasteiger partial charge < -0.3 is 15.2 Å². The summed E-state index contributed by atoms with van der Waals surface area (Å²) < 4.78 is 6.83. The number of rotatable bonds is 4. The Morgan fingerprint density at radius 3 is 2.81 bits per heavy atom. The van der Waals surface area contributed by atoms with Crippen molar-refractivity contribution in [1.82, 2.24) is 5.32 Å². The lowest BCUT2D eigenvalue weighted by molar-refractivity contribution is -0.142. The molecule has 1 aromatic rings. The molecule has 5 heteroatoms. The molecule has 1 fully saturated rings. The van der Waals surface area contributed by atoms with E-state index in [0.29, 0.717) is 6.04 Å². The fraction of sp³-hybridized carbons (Fsp3) is 0.562. The van der Waals surface area contributed by atoms with E-state index in [1.165, 1.54) is 11.1 Å². The molecular weight excluding hydrogens is 334 g/mol. The Kier molecular flexibility index (Phi) is 4.50. The van der Waals surface area contributed by atoms with Crippen LogP contribution < -0.4 is 10.1 Å². The van der Waals surface area contributed by atoms with Crippen molar-refractivity contribution in [2.45, 2.75) is 44.7 Å². The number of halogens is 1. The van der Waals surface area contributed by atoms with Crippen LogP contribution in [0.15, 0.2) is 16.6 Å². The largest absolute Gasteiger partial charge is 0.493 e. The van der Waals surface area contributed by atoms with Gasteiger partial charge in [0.25, 0.3) is 0 Å². The first-order valence-electron chi connectivity index (χ1n) is 7.54. The molecule has 1 aromatic carbocycles. The van der Waals surface area contributed by atoms with E-state index in [1.54, 1.807) is 0 Å². The van der Waals surface area contributed by atoms with Gasteiger partial charge in [0.15, 0.2) is 0 Å². The van der Waals surface area contributed by atoms with Gasteiger partial charge >= 0.3 is 5.97 Å². The summed E-state index contributed by atoms with van der Waals surface area (Å²) in [6, 6.07) is 4.65. The Bertz CT molecular complexity index is 539. The number of ether oxygens (including phenoxy) is 1. The highest BCUT2D eigenvalue weighted by Gasteiger charge is 2.26. The quantitative estimate of drug-likeness (QED) is 0.872. The fourth-order valence-electron chi connectivity index (χ4n) is 3.28. The Morgan fingerprint density at radius 1 is 1.33 bits per heavy atom. The molecule has 3 rings (SSSR count). The predicted octanol–water partition coefficient (Wildman–Crippen LogP) is 3.12. The lowest BCUT2D eigenvalue weighted by Gasteiger charge is -2.27. The summed E-state index contributed by atoms with van der Waals surface area (Å²) in [7, 11) is 0. The molecule has 0 atom stereocenters. The highest BCUT2D eigenvalue weighted by molar-refractivity contribution is 9.10. The van der Waals surface area contributed by atoms with E-state index in [1.807, 2.05) is 0 Å². The van der Waals surface area contributed by atoms with E-state index < -0.39 is 5.97 Å². The summed E-state index contributed by atoms with van der Waals surface area (Å²) in [5, 5.41) is 12.6. The summed E-state index contributed by atoms with van der Waals surface area (Å²) in [5.74, 6) is 0.234. The third-order valence-electron chi connectivity index (χ3n) is 4.48. The number of hydrogen-bond acceptors (Lipinski definition) is 3. The standard InChI is InChI=1S/C16H20BrNO3/c17-13-7-11-5-6-21-15(11)12(8-13)9-18-14-3-1-10(2-4-14)16(19)20/h7-8,10,14,18H,1-6,9H2,(H,19,20). The van der Waals surface area contributed by atoms with Gasteiger partial charge in [-0.25, -0.2) is 0 Å². The molecule has 0 amide bonds. The Balaban J connectivity index is 1.58. The summed E-state index contributed by atoms with van der Waals surface area (Å²) in [6.07, 6.45) is 4.41. The summed E-state index contributed by atoms with van der Waals surface area (Å²) in [4.78, 5) is 11.0. The molecule has 1 heterocycles. The van der Waals surface area contributed by atoms with Crippen LogP contribution in [0.5, 0.6) is 5.75 Å². The first kappa shape index (κ1) is 14.9. The number of benzene rings is 1. The van der Waals surface area contributed by atoms with Gasteiger partial charge in [-0.15, -0.1) is 0 Å². The van der Waals surface area contributed by atoms with Crippen molar-refractivity contribution < 1.29 is 14.6 Å². The third kappa shape index (κ3) is 3.40. The summed E-state index contributed by atoms with van der Waals surface area (Å²) in [5.41, 5.74) is 2.47. The number of carboxylic acids is 1. The molecule has 0 bridgehead atoms. The van der Waals surface area contributed by atoms with Crippen LogP contribution in [-0.2, 0) is 17.8 Å². The minimum Gasteiger partial charge on any atom is -0.493 e. The summed E-state index contributed by atoms with van der Waals surface area (Å²) in [6.45, 7) is 1.55. The molecule has 2 aliphatic rings. The molecule has 1 aliphatic heterocycles. The molecule has 0 spiro atoms. The average Bonchev–Trinajstić information content (AvgIpc) is 2.93. The minimum absolute atomic E-state index is 0.151. The van der Waals surface area contributed by atoms with Crippen molar-refractivity contribution in [3.8, 4) is 5.75 Å². The van der Waals surface area contributed by atoms with E-state index in [-0.39, 0.29) is 5.92 Å². The first-order valence-corrected chi connectivity index (χ1v) is 8.33. The van der Waals surface area contributed by atoms with Crippen LogP contribution >= 0.6 is 15.9 Å². The lowest BCUT2D eigenvalue weighted by atomic mass is 9.86. The Morgan fingerprint density at radius 2 is 2.10 bits per heavy atom. The Labute approximate surface area is 133 Å². The van der Waals surface area contributed by atoms with Crippen LogP contribution in [0.25, 0.3) is 0 Å². The van der Waals surface area contributed by atoms with Crippen LogP contribution in [-0.4, -0.2) is 23.7 Å². The summed E-state index contributed by atoms with van der Waals surface area (Å²) >= 11 is 3.56. The number of hydrogen-bond donors (Lipinski definition) is 2. The molecule has 1 saturated carbocycles. The van der Waals surface area contributed by atoms with Gasteiger partial charge in [-0.3, -0.25) is 4.79 Å². The van der Waals surface area contributed by atoms with Crippen LogP contribution in [0.4, 0.5) is 0 Å². The minimum atomic E-state index is -0.647. The smallest absolute Gasteiger partial charge is 0.306 e. The monoisotopic (exact) mass is 353 g/mol. The SMILES string of the molecule is O=C(O)C1CCC(NCc2cc(Br)cc3c2OCC3)CC1. The van der Waals surface area contributed by atoms with Crippen LogP contribution in [0.2, 0.25) is 0 Å². The topological polar surface area (TPSA) is 58.6 Å². The molecule has 0 saturated heterocycles. The maximum absolute atomic E-state index is 11.0. The van der Waals surface area contributed by atoms with Crippen LogP contribution in [0.3, 0.4) is 0 Å². The zero-order valence-electron chi connectivity index (χ0n) is 11.9.